The van der Waals surface area contributed by atoms with Gasteiger partial charge in [0, 0.05) is 6.04 Å². The second-order valence-corrected chi connectivity index (χ2v) is 8.23. The molecule has 1 aliphatic rings. The van der Waals surface area contributed by atoms with Gasteiger partial charge in [-0.15, -0.1) is 0 Å². The molecule has 2 rings (SSSR count). The van der Waals surface area contributed by atoms with Crippen molar-refractivity contribution >= 4 is 9.84 Å². The van der Waals surface area contributed by atoms with Gasteiger partial charge in [-0.25, -0.2) is 12.8 Å². The van der Waals surface area contributed by atoms with Crippen LogP contribution in [0.4, 0.5) is 4.39 Å². The third-order valence-electron chi connectivity index (χ3n) is 4.04. The SMILES string of the molecule is CCCNC(c1cc(C)cc(F)c1)C1CCCCS1(=O)=O. The Morgan fingerprint density at radius 1 is 1.33 bits per heavy atom. The van der Waals surface area contributed by atoms with Gasteiger partial charge < -0.3 is 5.32 Å². The number of nitrogens with one attached hydrogen (secondary N) is 1. The van der Waals surface area contributed by atoms with Crippen LogP contribution in [-0.4, -0.2) is 26.0 Å². The lowest BCUT2D eigenvalue weighted by atomic mass is 9.97. The molecule has 5 heteroatoms. The van der Waals surface area contributed by atoms with Gasteiger partial charge in [-0.2, -0.15) is 0 Å². The first-order valence-corrected chi connectivity index (χ1v) is 9.37. The molecule has 21 heavy (non-hydrogen) atoms. The highest BCUT2D eigenvalue weighted by atomic mass is 32.2. The maximum absolute atomic E-state index is 13.7. The quantitative estimate of drug-likeness (QED) is 0.908. The number of aryl methyl sites for hydroxylation is 1. The Labute approximate surface area is 126 Å². The molecule has 0 aliphatic carbocycles. The van der Waals surface area contributed by atoms with E-state index in [1.807, 2.05) is 19.9 Å². The smallest absolute Gasteiger partial charge is 0.155 e. The van der Waals surface area contributed by atoms with Gasteiger partial charge in [0.25, 0.3) is 0 Å². The molecule has 118 valence electrons. The molecule has 1 N–H and O–H groups in total. The second-order valence-electron chi connectivity index (χ2n) is 5.89. The minimum absolute atomic E-state index is 0.246. The topological polar surface area (TPSA) is 46.2 Å². The van der Waals surface area contributed by atoms with Crippen LogP contribution < -0.4 is 5.32 Å². The molecule has 2 unspecified atom stereocenters. The van der Waals surface area contributed by atoms with E-state index in [0.29, 0.717) is 6.42 Å². The first-order valence-electron chi connectivity index (χ1n) is 7.66. The van der Waals surface area contributed by atoms with Crippen molar-refractivity contribution in [3.63, 3.8) is 0 Å². The number of halogens is 1. The third kappa shape index (κ3) is 4.04. The van der Waals surface area contributed by atoms with Gasteiger partial charge in [-0.1, -0.05) is 19.4 Å². The summed E-state index contributed by atoms with van der Waals surface area (Å²) in [6, 6.07) is 4.51. The molecule has 1 aromatic rings. The highest BCUT2D eigenvalue weighted by Gasteiger charge is 2.36. The molecule has 3 nitrogen and oxygen atoms in total. The summed E-state index contributed by atoms with van der Waals surface area (Å²) < 4.78 is 38.5. The van der Waals surface area contributed by atoms with Crippen LogP contribution in [0, 0.1) is 12.7 Å². The third-order valence-corrected chi connectivity index (χ3v) is 6.33. The van der Waals surface area contributed by atoms with E-state index >= 15 is 0 Å². The molecule has 2 atom stereocenters. The maximum Gasteiger partial charge on any atom is 0.155 e. The standard InChI is InChI=1S/C16H24FNO2S/c1-3-7-18-16(13-9-12(2)10-14(17)11-13)15-6-4-5-8-21(15,19)20/h9-11,15-16,18H,3-8H2,1-2H3. The van der Waals surface area contributed by atoms with E-state index in [9.17, 15) is 12.8 Å². The minimum Gasteiger partial charge on any atom is -0.309 e. The van der Waals surface area contributed by atoms with E-state index in [-0.39, 0.29) is 17.6 Å². The number of hydrogen-bond donors (Lipinski definition) is 1. The molecule has 0 radical (unpaired) electrons. The molecule has 0 spiro atoms. The summed E-state index contributed by atoms with van der Waals surface area (Å²) in [5.41, 5.74) is 1.57. The van der Waals surface area contributed by atoms with Crippen molar-refractivity contribution in [1.82, 2.24) is 5.32 Å². The Morgan fingerprint density at radius 2 is 2.10 bits per heavy atom. The number of rotatable bonds is 5. The molecular weight excluding hydrogens is 289 g/mol. The minimum atomic E-state index is -3.11. The Hall–Kier alpha value is -0.940. The first-order chi connectivity index (χ1) is 9.94. The normalized spacial score (nSPS) is 22.9. The Kier molecular flexibility index (Phi) is 5.38. The summed E-state index contributed by atoms with van der Waals surface area (Å²) in [4.78, 5) is 0. The van der Waals surface area contributed by atoms with Gasteiger partial charge in [-0.3, -0.25) is 0 Å². The average molecular weight is 313 g/mol. The van der Waals surface area contributed by atoms with E-state index in [1.54, 1.807) is 0 Å². The summed E-state index contributed by atoms with van der Waals surface area (Å²) in [5, 5.41) is 2.87. The van der Waals surface area contributed by atoms with Gasteiger partial charge in [-0.05, 0) is 56.0 Å². The van der Waals surface area contributed by atoms with Crippen LogP contribution in [0.15, 0.2) is 18.2 Å². The summed E-state index contributed by atoms with van der Waals surface area (Å²) in [7, 11) is -3.11. The summed E-state index contributed by atoms with van der Waals surface area (Å²) in [6.07, 6.45) is 3.22. The Balaban J connectivity index is 2.37. The van der Waals surface area contributed by atoms with E-state index in [2.05, 4.69) is 5.32 Å². The molecule has 0 bridgehead atoms. The fourth-order valence-electron chi connectivity index (χ4n) is 3.06. The zero-order valence-electron chi connectivity index (χ0n) is 12.7. The van der Waals surface area contributed by atoms with Crippen molar-refractivity contribution in [1.29, 1.82) is 0 Å². The highest BCUT2D eigenvalue weighted by molar-refractivity contribution is 7.92. The molecule has 1 fully saturated rings. The average Bonchev–Trinajstić information content (AvgIpc) is 2.39. The molecular formula is C16H24FNO2S. The number of sulfone groups is 1. The van der Waals surface area contributed by atoms with E-state index in [0.717, 1.165) is 36.9 Å². The molecule has 1 saturated heterocycles. The number of benzene rings is 1. The Morgan fingerprint density at radius 3 is 2.71 bits per heavy atom. The molecule has 1 aromatic carbocycles. The van der Waals surface area contributed by atoms with Crippen molar-refractivity contribution in [3.8, 4) is 0 Å². The predicted molar refractivity (Wildman–Crippen MR) is 83.6 cm³/mol. The van der Waals surface area contributed by atoms with Crippen molar-refractivity contribution in [2.75, 3.05) is 12.3 Å². The van der Waals surface area contributed by atoms with Crippen LogP contribution in [0.2, 0.25) is 0 Å². The molecule has 0 amide bonds. The van der Waals surface area contributed by atoms with Crippen molar-refractivity contribution in [2.24, 2.45) is 0 Å². The maximum atomic E-state index is 13.7. The van der Waals surface area contributed by atoms with Gasteiger partial charge in [0.1, 0.15) is 5.82 Å². The Bertz CT molecular complexity index is 566. The lowest BCUT2D eigenvalue weighted by Crippen LogP contribution is -2.41. The largest absolute Gasteiger partial charge is 0.309 e. The van der Waals surface area contributed by atoms with Crippen LogP contribution in [0.25, 0.3) is 0 Å². The zero-order chi connectivity index (χ0) is 15.5. The molecule has 1 aliphatic heterocycles. The lowest BCUT2D eigenvalue weighted by molar-refractivity contribution is 0.444. The number of hydrogen-bond acceptors (Lipinski definition) is 3. The first kappa shape index (κ1) is 16.4. The van der Waals surface area contributed by atoms with E-state index < -0.39 is 15.1 Å². The lowest BCUT2D eigenvalue weighted by Gasteiger charge is -2.31. The molecule has 0 saturated carbocycles. The van der Waals surface area contributed by atoms with E-state index in [4.69, 9.17) is 0 Å². The zero-order valence-corrected chi connectivity index (χ0v) is 13.5. The predicted octanol–water partition coefficient (Wildman–Crippen LogP) is 3.14. The van der Waals surface area contributed by atoms with Crippen LogP contribution in [0.3, 0.4) is 0 Å². The van der Waals surface area contributed by atoms with Gasteiger partial charge >= 0.3 is 0 Å². The monoisotopic (exact) mass is 313 g/mol. The van der Waals surface area contributed by atoms with Crippen LogP contribution >= 0.6 is 0 Å². The molecule has 1 heterocycles. The van der Waals surface area contributed by atoms with Crippen LogP contribution in [0.5, 0.6) is 0 Å². The van der Waals surface area contributed by atoms with Gasteiger partial charge in [0.2, 0.25) is 0 Å². The van der Waals surface area contributed by atoms with Crippen LogP contribution in [0.1, 0.15) is 49.8 Å². The summed E-state index contributed by atoms with van der Waals surface area (Å²) >= 11 is 0. The van der Waals surface area contributed by atoms with Gasteiger partial charge in [0.15, 0.2) is 9.84 Å². The fourth-order valence-corrected chi connectivity index (χ4v) is 5.16. The highest BCUT2D eigenvalue weighted by Crippen LogP contribution is 2.31. The van der Waals surface area contributed by atoms with Crippen LogP contribution in [-0.2, 0) is 9.84 Å². The van der Waals surface area contributed by atoms with Gasteiger partial charge in [0.05, 0.1) is 11.0 Å². The second kappa shape index (κ2) is 6.88. The van der Waals surface area contributed by atoms with Crippen molar-refractivity contribution in [3.05, 3.63) is 35.1 Å². The summed E-state index contributed by atoms with van der Waals surface area (Å²) in [6.45, 7) is 4.60. The van der Waals surface area contributed by atoms with E-state index in [1.165, 1.54) is 12.1 Å². The van der Waals surface area contributed by atoms with Crippen molar-refractivity contribution in [2.45, 2.75) is 50.8 Å². The molecule has 0 aromatic heterocycles. The van der Waals surface area contributed by atoms with Crippen molar-refractivity contribution < 1.29 is 12.8 Å². The fraction of sp³-hybridized carbons (Fsp3) is 0.625. The summed E-state index contributed by atoms with van der Waals surface area (Å²) in [5.74, 6) is -0.0579.